The Morgan fingerprint density at radius 1 is 0.867 bits per heavy atom. The van der Waals surface area contributed by atoms with Gasteiger partial charge in [0.05, 0.1) is 5.69 Å². The molecule has 0 saturated heterocycles. The van der Waals surface area contributed by atoms with E-state index in [9.17, 15) is 0 Å². The zero-order valence-electron chi connectivity index (χ0n) is 18.4. The molecule has 0 N–H and O–H groups in total. The summed E-state index contributed by atoms with van der Waals surface area (Å²) < 4.78 is 0. The van der Waals surface area contributed by atoms with Crippen LogP contribution in [0.1, 0.15) is 60.8 Å². The molecule has 2 atom stereocenters. The third kappa shape index (κ3) is 7.85. The Labute approximate surface area is 190 Å². The molecule has 3 rings (SSSR count). The van der Waals surface area contributed by atoms with Crippen LogP contribution < -0.4 is 0 Å². The number of hydrogen-bond donors (Lipinski definition) is 0. The fraction of sp³-hybridized carbons (Fsp3) is 0.444. The SMILES string of the molecule is CCC(C=Nc1ccccc1C)CCCC(CCCc1cccs1)Cc1cccs1. The maximum absolute atomic E-state index is 4.79. The van der Waals surface area contributed by atoms with Crippen LogP contribution >= 0.6 is 22.7 Å². The molecule has 2 heterocycles. The number of para-hydroxylation sites is 1. The Morgan fingerprint density at radius 3 is 2.30 bits per heavy atom. The van der Waals surface area contributed by atoms with Gasteiger partial charge in [0.2, 0.25) is 0 Å². The summed E-state index contributed by atoms with van der Waals surface area (Å²) in [4.78, 5) is 7.87. The van der Waals surface area contributed by atoms with Crippen molar-refractivity contribution in [3.8, 4) is 0 Å². The first-order valence-electron chi connectivity index (χ1n) is 11.4. The van der Waals surface area contributed by atoms with E-state index in [1.54, 1.807) is 4.88 Å². The van der Waals surface area contributed by atoms with Crippen LogP contribution in [0.25, 0.3) is 0 Å². The van der Waals surface area contributed by atoms with Crippen LogP contribution in [0.15, 0.2) is 64.3 Å². The number of hydrogen-bond acceptors (Lipinski definition) is 3. The monoisotopic (exact) mass is 437 g/mol. The van der Waals surface area contributed by atoms with Gasteiger partial charge in [-0.3, -0.25) is 4.99 Å². The summed E-state index contributed by atoms with van der Waals surface area (Å²) in [6, 6.07) is 17.4. The molecule has 0 amide bonds. The summed E-state index contributed by atoms with van der Waals surface area (Å²) >= 11 is 3.81. The van der Waals surface area contributed by atoms with Crippen molar-refractivity contribution in [2.45, 2.75) is 65.2 Å². The average Bonchev–Trinajstić information content (AvgIpc) is 3.46. The Kier molecular flexibility index (Phi) is 9.85. The number of thiophene rings is 2. The highest BCUT2D eigenvalue weighted by atomic mass is 32.1. The minimum atomic E-state index is 0.582. The van der Waals surface area contributed by atoms with Crippen molar-refractivity contribution in [2.75, 3.05) is 0 Å². The number of benzene rings is 1. The molecule has 3 aromatic rings. The van der Waals surface area contributed by atoms with Gasteiger partial charge in [-0.2, -0.15) is 0 Å². The molecule has 0 spiro atoms. The van der Waals surface area contributed by atoms with E-state index >= 15 is 0 Å². The van der Waals surface area contributed by atoms with Gasteiger partial charge in [-0.15, -0.1) is 22.7 Å². The molecule has 0 aliphatic rings. The smallest absolute Gasteiger partial charge is 0.0654 e. The Hall–Kier alpha value is -1.71. The van der Waals surface area contributed by atoms with Gasteiger partial charge in [0.25, 0.3) is 0 Å². The van der Waals surface area contributed by atoms with Crippen LogP contribution in [0.5, 0.6) is 0 Å². The highest BCUT2D eigenvalue weighted by molar-refractivity contribution is 7.10. The minimum absolute atomic E-state index is 0.582. The quantitative estimate of drug-likeness (QED) is 0.237. The first-order chi connectivity index (χ1) is 14.7. The van der Waals surface area contributed by atoms with Crippen molar-refractivity contribution >= 4 is 34.6 Å². The third-order valence-electron chi connectivity index (χ3n) is 5.94. The molecule has 3 heteroatoms. The fourth-order valence-electron chi connectivity index (χ4n) is 4.03. The van der Waals surface area contributed by atoms with Crippen LogP contribution in [0, 0.1) is 18.8 Å². The second kappa shape index (κ2) is 12.9. The lowest BCUT2D eigenvalue weighted by molar-refractivity contribution is 0.406. The van der Waals surface area contributed by atoms with Gasteiger partial charge in [-0.1, -0.05) is 50.1 Å². The number of nitrogens with zero attached hydrogens (tertiary/aromatic N) is 1. The lowest BCUT2D eigenvalue weighted by Crippen LogP contribution is -2.07. The van der Waals surface area contributed by atoms with Crippen LogP contribution in [0.3, 0.4) is 0 Å². The van der Waals surface area contributed by atoms with Crippen molar-refractivity contribution in [3.63, 3.8) is 0 Å². The summed E-state index contributed by atoms with van der Waals surface area (Å²) in [5.74, 6) is 1.38. The van der Waals surface area contributed by atoms with Crippen molar-refractivity contribution in [2.24, 2.45) is 16.8 Å². The van der Waals surface area contributed by atoms with Crippen molar-refractivity contribution in [1.82, 2.24) is 0 Å². The number of aliphatic imine (C=N–C) groups is 1. The Bertz CT molecular complexity index is 849. The molecule has 2 aromatic heterocycles. The number of rotatable bonds is 13. The molecule has 160 valence electrons. The summed E-state index contributed by atoms with van der Waals surface area (Å²) in [6.45, 7) is 4.43. The van der Waals surface area contributed by atoms with E-state index in [2.05, 4.69) is 79.4 Å². The molecule has 0 radical (unpaired) electrons. The molecular weight excluding hydrogens is 402 g/mol. The predicted octanol–water partition coefficient (Wildman–Crippen LogP) is 8.90. The standard InChI is InChI=1S/C27H35NS2/c1-3-23(21-28-27-17-5-4-10-22(27)2)11-6-12-24(20-26-16-9-19-30-26)13-7-14-25-15-8-18-29-25/h4-5,8-10,15-19,21,23-24H,3,6-7,11-14,20H2,1-2H3. The van der Waals surface area contributed by atoms with Crippen LogP contribution in [-0.4, -0.2) is 6.21 Å². The van der Waals surface area contributed by atoms with E-state index in [-0.39, 0.29) is 0 Å². The molecule has 30 heavy (non-hydrogen) atoms. The van der Waals surface area contributed by atoms with Gasteiger partial charge in [0, 0.05) is 16.0 Å². The topological polar surface area (TPSA) is 12.4 Å². The first-order valence-corrected chi connectivity index (χ1v) is 13.1. The predicted molar refractivity (Wildman–Crippen MR) is 136 cm³/mol. The highest BCUT2D eigenvalue weighted by Crippen LogP contribution is 2.26. The third-order valence-corrected chi connectivity index (χ3v) is 7.77. The summed E-state index contributed by atoms with van der Waals surface area (Å²) in [7, 11) is 0. The van der Waals surface area contributed by atoms with E-state index in [4.69, 9.17) is 4.99 Å². The molecule has 1 nitrogen and oxygen atoms in total. The molecular formula is C27H35NS2. The maximum Gasteiger partial charge on any atom is 0.0654 e. The van der Waals surface area contributed by atoms with E-state index in [1.165, 1.54) is 61.8 Å². The molecule has 1 aromatic carbocycles. The van der Waals surface area contributed by atoms with E-state index in [0.29, 0.717) is 5.92 Å². The van der Waals surface area contributed by atoms with Crippen LogP contribution in [-0.2, 0) is 12.8 Å². The van der Waals surface area contributed by atoms with E-state index in [1.807, 2.05) is 22.7 Å². The molecule has 0 saturated carbocycles. The summed E-state index contributed by atoms with van der Waals surface area (Å²) in [5, 5.41) is 4.41. The molecule has 0 aliphatic heterocycles. The average molecular weight is 438 g/mol. The largest absolute Gasteiger partial charge is 0.261 e. The number of aryl methyl sites for hydroxylation is 2. The summed E-state index contributed by atoms with van der Waals surface area (Å²) in [5.41, 5.74) is 2.37. The highest BCUT2D eigenvalue weighted by Gasteiger charge is 2.12. The van der Waals surface area contributed by atoms with Gasteiger partial charge < -0.3 is 0 Å². The van der Waals surface area contributed by atoms with Gasteiger partial charge in [0.15, 0.2) is 0 Å². The normalized spacial score (nSPS) is 13.7. The minimum Gasteiger partial charge on any atom is -0.261 e. The molecule has 2 unspecified atom stereocenters. The zero-order chi connectivity index (χ0) is 21.0. The van der Waals surface area contributed by atoms with Gasteiger partial charge in [-0.25, -0.2) is 0 Å². The molecule has 0 bridgehead atoms. The van der Waals surface area contributed by atoms with E-state index < -0.39 is 0 Å². The van der Waals surface area contributed by atoms with Gasteiger partial charge in [-0.05, 0) is 91.8 Å². The second-order valence-electron chi connectivity index (χ2n) is 8.28. The Balaban J connectivity index is 1.48. The van der Waals surface area contributed by atoms with Crippen molar-refractivity contribution in [3.05, 3.63) is 74.6 Å². The fourth-order valence-corrected chi connectivity index (χ4v) is 5.60. The van der Waals surface area contributed by atoms with Crippen molar-refractivity contribution < 1.29 is 0 Å². The zero-order valence-corrected chi connectivity index (χ0v) is 20.1. The van der Waals surface area contributed by atoms with Crippen LogP contribution in [0.2, 0.25) is 0 Å². The first kappa shape index (κ1) is 23.0. The lowest BCUT2D eigenvalue weighted by atomic mass is 9.89. The van der Waals surface area contributed by atoms with Gasteiger partial charge >= 0.3 is 0 Å². The van der Waals surface area contributed by atoms with Crippen molar-refractivity contribution in [1.29, 1.82) is 0 Å². The van der Waals surface area contributed by atoms with E-state index in [0.717, 1.165) is 11.6 Å². The lowest BCUT2D eigenvalue weighted by Gasteiger charge is -2.17. The molecule has 0 fully saturated rings. The van der Waals surface area contributed by atoms with Crippen LogP contribution in [0.4, 0.5) is 5.69 Å². The second-order valence-corrected chi connectivity index (χ2v) is 10.3. The summed E-state index contributed by atoms with van der Waals surface area (Å²) in [6.07, 6.45) is 12.4. The molecule has 0 aliphatic carbocycles. The Morgan fingerprint density at radius 2 is 1.60 bits per heavy atom. The maximum atomic E-state index is 4.79. The van der Waals surface area contributed by atoms with Gasteiger partial charge in [0.1, 0.15) is 0 Å².